The topological polar surface area (TPSA) is 57.0 Å². The molecule has 0 unspecified atom stereocenters. The van der Waals surface area contributed by atoms with Crippen molar-refractivity contribution in [2.75, 3.05) is 5.73 Å². The molecule has 102 valence electrons. The third-order valence-electron chi connectivity index (χ3n) is 3.09. The van der Waals surface area contributed by atoms with E-state index in [1.807, 2.05) is 0 Å². The van der Waals surface area contributed by atoms with Gasteiger partial charge in [0.1, 0.15) is 23.1 Å². The van der Waals surface area contributed by atoms with Crippen LogP contribution in [0.15, 0.2) is 41.2 Å². The highest BCUT2D eigenvalue weighted by atomic mass is 19.1. The number of hydrogen-bond donors (Lipinski definition) is 1. The van der Waals surface area contributed by atoms with E-state index in [0.717, 1.165) is 6.07 Å². The summed E-state index contributed by atoms with van der Waals surface area (Å²) in [6.07, 6.45) is 2.98. The molecule has 0 saturated carbocycles. The largest absolute Gasteiger partial charge is 0.472 e. The van der Waals surface area contributed by atoms with Crippen LogP contribution >= 0.6 is 0 Å². The fourth-order valence-corrected chi connectivity index (χ4v) is 2.10. The Kier molecular flexibility index (Phi) is 2.78. The lowest BCUT2D eigenvalue weighted by molar-refractivity contribution is 0.568. The molecule has 0 aliphatic heterocycles. The number of nitrogens with two attached hydrogens (primary N) is 1. The van der Waals surface area contributed by atoms with Gasteiger partial charge in [-0.1, -0.05) is 0 Å². The zero-order valence-corrected chi connectivity index (χ0v) is 10.6. The Hall–Kier alpha value is -2.63. The highest BCUT2D eigenvalue weighted by Crippen LogP contribution is 2.37. The first-order chi connectivity index (χ1) is 9.58. The molecule has 0 atom stereocenters. The number of nitrogen functional groups attached to an aromatic ring is 1. The average molecular weight is 275 g/mol. The molecule has 0 bridgehead atoms. The van der Waals surface area contributed by atoms with Crippen molar-refractivity contribution >= 4 is 5.82 Å². The molecule has 6 heteroatoms. The van der Waals surface area contributed by atoms with E-state index in [-0.39, 0.29) is 5.56 Å². The van der Waals surface area contributed by atoms with Crippen LogP contribution in [0.2, 0.25) is 0 Å². The molecule has 0 saturated heterocycles. The van der Waals surface area contributed by atoms with E-state index in [4.69, 9.17) is 10.2 Å². The summed E-state index contributed by atoms with van der Waals surface area (Å²) in [6, 6.07) is 5.05. The van der Waals surface area contributed by atoms with Gasteiger partial charge in [-0.2, -0.15) is 5.10 Å². The Morgan fingerprint density at radius 1 is 1.25 bits per heavy atom. The first kappa shape index (κ1) is 12.4. The second-order valence-electron chi connectivity index (χ2n) is 4.37. The lowest BCUT2D eigenvalue weighted by Crippen LogP contribution is -1.98. The van der Waals surface area contributed by atoms with E-state index < -0.39 is 11.6 Å². The van der Waals surface area contributed by atoms with E-state index >= 15 is 0 Å². The normalized spacial score (nSPS) is 10.9. The zero-order valence-electron chi connectivity index (χ0n) is 10.6. The summed E-state index contributed by atoms with van der Waals surface area (Å²) in [4.78, 5) is 0. The number of aryl methyl sites for hydroxylation is 1. The van der Waals surface area contributed by atoms with Crippen LogP contribution in [0, 0.1) is 11.6 Å². The van der Waals surface area contributed by atoms with Crippen molar-refractivity contribution in [2.24, 2.45) is 7.05 Å². The molecule has 1 aromatic carbocycles. The Balaban J connectivity index is 2.28. The van der Waals surface area contributed by atoms with E-state index in [1.54, 1.807) is 13.1 Å². The van der Waals surface area contributed by atoms with Gasteiger partial charge in [0.25, 0.3) is 0 Å². The van der Waals surface area contributed by atoms with Gasteiger partial charge < -0.3 is 10.2 Å². The molecule has 2 aromatic heterocycles. The third kappa shape index (κ3) is 1.85. The molecule has 0 aliphatic carbocycles. The molecule has 2 N–H and O–H groups in total. The number of rotatable bonds is 2. The van der Waals surface area contributed by atoms with Crippen LogP contribution in [-0.2, 0) is 7.05 Å². The molecule has 0 radical (unpaired) electrons. The maximum Gasteiger partial charge on any atom is 0.134 e. The molecule has 0 spiro atoms. The van der Waals surface area contributed by atoms with Crippen molar-refractivity contribution in [1.82, 2.24) is 9.78 Å². The SMILES string of the molecule is Cn1nc(-c2ccoc2)c(-c2ccc(F)cc2F)c1N. The summed E-state index contributed by atoms with van der Waals surface area (Å²) in [6.45, 7) is 0. The molecule has 20 heavy (non-hydrogen) atoms. The van der Waals surface area contributed by atoms with Gasteiger partial charge >= 0.3 is 0 Å². The van der Waals surface area contributed by atoms with Gasteiger partial charge in [0.2, 0.25) is 0 Å². The summed E-state index contributed by atoms with van der Waals surface area (Å²) >= 11 is 0. The molecular weight excluding hydrogens is 264 g/mol. The molecule has 0 fully saturated rings. The van der Waals surface area contributed by atoms with Crippen LogP contribution in [0.1, 0.15) is 0 Å². The van der Waals surface area contributed by atoms with Crippen molar-refractivity contribution < 1.29 is 13.2 Å². The highest BCUT2D eigenvalue weighted by molar-refractivity contribution is 5.88. The zero-order chi connectivity index (χ0) is 14.3. The number of hydrogen-bond acceptors (Lipinski definition) is 3. The number of furan rings is 1. The number of anilines is 1. The van der Waals surface area contributed by atoms with Crippen molar-refractivity contribution in [1.29, 1.82) is 0 Å². The van der Waals surface area contributed by atoms with E-state index in [0.29, 0.717) is 22.6 Å². The molecular formula is C14H11F2N3O. The number of benzene rings is 1. The molecule has 0 amide bonds. The van der Waals surface area contributed by atoms with Gasteiger partial charge in [0.05, 0.1) is 18.1 Å². The smallest absolute Gasteiger partial charge is 0.134 e. The van der Waals surface area contributed by atoms with E-state index in [2.05, 4.69) is 5.10 Å². The van der Waals surface area contributed by atoms with Gasteiger partial charge in [0.15, 0.2) is 0 Å². The summed E-state index contributed by atoms with van der Waals surface area (Å²) < 4.78 is 33.5. The first-order valence-electron chi connectivity index (χ1n) is 5.88. The summed E-state index contributed by atoms with van der Waals surface area (Å²) in [7, 11) is 1.66. The van der Waals surface area contributed by atoms with Crippen LogP contribution in [-0.4, -0.2) is 9.78 Å². The standard InChI is InChI=1S/C14H11F2N3O/c1-19-14(17)12(10-3-2-9(15)6-11(10)16)13(18-19)8-4-5-20-7-8/h2-7H,17H2,1H3. The van der Waals surface area contributed by atoms with Crippen molar-refractivity contribution in [2.45, 2.75) is 0 Å². The van der Waals surface area contributed by atoms with E-state index in [9.17, 15) is 8.78 Å². The fourth-order valence-electron chi connectivity index (χ4n) is 2.10. The van der Waals surface area contributed by atoms with Crippen molar-refractivity contribution in [3.63, 3.8) is 0 Å². The Morgan fingerprint density at radius 2 is 2.05 bits per heavy atom. The predicted molar refractivity (Wildman–Crippen MR) is 70.7 cm³/mol. The maximum absolute atomic E-state index is 14.0. The van der Waals surface area contributed by atoms with Crippen molar-refractivity contribution in [3.05, 3.63) is 48.4 Å². The van der Waals surface area contributed by atoms with Crippen LogP contribution in [0.3, 0.4) is 0 Å². The average Bonchev–Trinajstić information content (AvgIpc) is 3.01. The lowest BCUT2D eigenvalue weighted by Gasteiger charge is -2.05. The fraction of sp³-hybridized carbons (Fsp3) is 0.0714. The second kappa shape index (κ2) is 4.48. The van der Waals surface area contributed by atoms with Gasteiger partial charge in [-0.25, -0.2) is 8.78 Å². The lowest BCUT2D eigenvalue weighted by atomic mass is 10.0. The van der Waals surface area contributed by atoms with Gasteiger partial charge in [0, 0.05) is 24.2 Å². The second-order valence-corrected chi connectivity index (χ2v) is 4.37. The van der Waals surface area contributed by atoms with E-state index in [1.165, 1.54) is 29.3 Å². The minimum atomic E-state index is -0.686. The van der Waals surface area contributed by atoms with Gasteiger partial charge in [-0.15, -0.1) is 0 Å². The highest BCUT2D eigenvalue weighted by Gasteiger charge is 2.20. The molecule has 2 heterocycles. The summed E-state index contributed by atoms with van der Waals surface area (Å²) in [5.41, 5.74) is 7.75. The third-order valence-corrected chi connectivity index (χ3v) is 3.09. The number of nitrogens with zero attached hydrogens (tertiary/aromatic N) is 2. The minimum Gasteiger partial charge on any atom is -0.472 e. The Labute approximate surface area is 113 Å². The predicted octanol–water partition coefficient (Wildman–Crippen LogP) is 3.21. The van der Waals surface area contributed by atoms with Gasteiger partial charge in [-0.3, -0.25) is 4.68 Å². The van der Waals surface area contributed by atoms with Crippen LogP contribution in [0.4, 0.5) is 14.6 Å². The number of aromatic nitrogens is 2. The van der Waals surface area contributed by atoms with Crippen LogP contribution in [0.25, 0.3) is 22.4 Å². The molecule has 0 aliphatic rings. The summed E-state index contributed by atoms with van der Waals surface area (Å²) in [5.74, 6) is -1.03. The monoisotopic (exact) mass is 275 g/mol. The Bertz CT molecular complexity index is 763. The maximum atomic E-state index is 14.0. The van der Waals surface area contributed by atoms with Gasteiger partial charge in [-0.05, 0) is 18.2 Å². The Morgan fingerprint density at radius 3 is 2.70 bits per heavy atom. The van der Waals surface area contributed by atoms with Crippen LogP contribution < -0.4 is 5.73 Å². The molecule has 3 aromatic rings. The van der Waals surface area contributed by atoms with Crippen LogP contribution in [0.5, 0.6) is 0 Å². The summed E-state index contributed by atoms with van der Waals surface area (Å²) in [5, 5.41) is 4.26. The minimum absolute atomic E-state index is 0.202. The van der Waals surface area contributed by atoms with Crippen molar-refractivity contribution in [3.8, 4) is 22.4 Å². The molecule has 4 nitrogen and oxygen atoms in total. The first-order valence-corrected chi connectivity index (χ1v) is 5.88. The quantitative estimate of drug-likeness (QED) is 0.781. The molecule has 3 rings (SSSR count). The number of halogens is 2.